The third-order valence-electron chi connectivity index (χ3n) is 4.37. The molecule has 0 aliphatic carbocycles. The SMILES string of the molecule is Br.CN1CC[C@@H](c2ccccc2)[C@@H](COc2ccccc2)C1. The summed E-state index contributed by atoms with van der Waals surface area (Å²) in [6.07, 6.45) is 1.21. The Morgan fingerprint density at radius 3 is 2.32 bits per heavy atom. The topological polar surface area (TPSA) is 12.5 Å². The summed E-state index contributed by atoms with van der Waals surface area (Å²) in [5.74, 6) is 2.12. The number of nitrogens with zero attached hydrogens (tertiary/aromatic N) is 1. The number of ether oxygens (including phenoxy) is 1. The quantitative estimate of drug-likeness (QED) is 0.801. The molecule has 1 aliphatic heterocycles. The largest absolute Gasteiger partial charge is 0.493 e. The number of halogens is 1. The molecule has 0 N–H and O–H groups in total. The Balaban J connectivity index is 0.00000176. The Morgan fingerprint density at radius 1 is 1.00 bits per heavy atom. The van der Waals surface area contributed by atoms with Crippen molar-refractivity contribution in [2.24, 2.45) is 5.92 Å². The molecule has 1 aliphatic rings. The fourth-order valence-electron chi connectivity index (χ4n) is 3.24. The zero-order chi connectivity index (χ0) is 14.5. The van der Waals surface area contributed by atoms with E-state index in [9.17, 15) is 0 Å². The highest BCUT2D eigenvalue weighted by molar-refractivity contribution is 8.93. The van der Waals surface area contributed by atoms with Crippen LogP contribution in [0.2, 0.25) is 0 Å². The second-order valence-corrected chi connectivity index (χ2v) is 5.95. The van der Waals surface area contributed by atoms with Gasteiger partial charge in [0.2, 0.25) is 0 Å². The lowest BCUT2D eigenvalue weighted by molar-refractivity contribution is 0.129. The molecule has 3 heteroatoms. The smallest absolute Gasteiger partial charge is 0.119 e. The molecule has 1 fully saturated rings. The zero-order valence-electron chi connectivity index (χ0n) is 13.0. The average molecular weight is 362 g/mol. The summed E-state index contributed by atoms with van der Waals surface area (Å²) < 4.78 is 6.02. The van der Waals surface area contributed by atoms with Crippen molar-refractivity contribution in [2.45, 2.75) is 12.3 Å². The number of likely N-dealkylation sites (tertiary alicyclic amines) is 1. The normalized spacial score (nSPS) is 21.9. The van der Waals surface area contributed by atoms with Crippen molar-refractivity contribution in [3.05, 3.63) is 66.2 Å². The second-order valence-electron chi connectivity index (χ2n) is 5.95. The maximum Gasteiger partial charge on any atom is 0.119 e. The van der Waals surface area contributed by atoms with Gasteiger partial charge in [-0.3, -0.25) is 0 Å². The van der Waals surface area contributed by atoms with Crippen LogP contribution in [-0.4, -0.2) is 31.6 Å². The molecule has 1 heterocycles. The number of rotatable bonds is 4. The van der Waals surface area contributed by atoms with Gasteiger partial charge in [-0.2, -0.15) is 0 Å². The van der Waals surface area contributed by atoms with Crippen molar-refractivity contribution in [2.75, 3.05) is 26.7 Å². The van der Waals surface area contributed by atoms with E-state index in [1.165, 1.54) is 18.5 Å². The predicted octanol–water partition coefficient (Wildman–Crippen LogP) is 4.38. The van der Waals surface area contributed by atoms with Crippen molar-refractivity contribution in [1.82, 2.24) is 4.90 Å². The molecular formula is C19H24BrNO. The standard InChI is InChI=1S/C19H23NO.BrH/c1-20-13-12-19(16-8-4-2-5-9-16)17(14-20)15-21-18-10-6-3-7-11-18;/h2-11,17,19H,12-15H2,1H3;1H/t17-,19+;/m1./s1. The van der Waals surface area contributed by atoms with Gasteiger partial charge in [0.25, 0.3) is 0 Å². The van der Waals surface area contributed by atoms with Gasteiger partial charge < -0.3 is 9.64 Å². The Labute approximate surface area is 143 Å². The van der Waals surface area contributed by atoms with E-state index in [1.54, 1.807) is 0 Å². The molecule has 0 unspecified atom stereocenters. The van der Waals surface area contributed by atoms with Crippen LogP contribution in [0.1, 0.15) is 17.9 Å². The third kappa shape index (κ3) is 4.34. The van der Waals surface area contributed by atoms with E-state index in [0.717, 1.165) is 18.9 Å². The molecule has 2 aromatic rings. The lowest BCUT2D eigenvalue weighted by Gasteiger charge is -2.37. The van der Waals surface area contributed by atoms with Crippen molar-refractivity contribution < 1.29 is 4.74 Å². The van der Waals surface area contributed by atoms with Gasteiger partial charge in [0.15, 0.2) is 0 Å². The molecule has 22 heavy (non-hydrogen) atoms. The minimum Gasteiger partial charge on any atom is -0.493 e. The summed E-state index contributed by atoms with van der Waals surface area (Å²) in [5, 5.41) is 0. The number of piperidine rings is 1. The van der Waals surface area contributed by atoms with Gasteiger partial charge in [-0.15, -0.1) is 17.0 Å². The van der Waals surface area contributed by atoms with Crippen LogP contribution in [0.3, 0.4) is 0 Å². The third-order valence-corrected chi connectivity index (χ3v) is 4.37. The van der Waals surface area contributed by atoms with Crippen LogP contribution >= 0.6 is 17.0 Å². The van der Waals surface area contributed by atoms with Gasteiger partial charge in [0.05, 0.1) is 6.61 Å². The monoisotopic (exact) mass is 361 g/mol. The first-order valence-electron chi connectivity index (χ1n) is 7.74. The summed E-state index contributed by atoms with van der Waals surface area (Å²) in [6.45, 7) is 3.06. The van der Waals surface area contributed by atoms with Gasteiger partial charge in [-0.25, -0.2) is 0 Å². The lowest BCUT2D eigenvalue weighted by Crippen LogP contribution is -2.39. The van der Waals surface area contributed by atoms with Crippen LogP contribution in [-0.2, 0) is 0 Å². The molecule has 0 spiro atoms. The van der Waals surface area contributed by atoms with Gasteiger partial charge in [0.1, 0.15) is 5.75 Å². The highest BCUT2D eigenvalue weighted by atomic mass is 79.9. The molecule has 2 atom stereocenters. The molecule has 0 saturated carbocycles. The van der Waals surface area contributed by atoms with E-state index in [2.05, 4.69) is 42.3 Å². The van der Waals surface area contributed by atoms with E-state index in [0.29, 0.717) is 11.8 Å². The molecule has 3 rings (SSSR count). The van der Waals surface area contributed by atoms with Gasteiger partial charge >= 0.3 is 0 Å². The lowest BCUT2D eigenvalue weighted by atomic mass is 9.81. The van der Waals surface area contributed by atoms with Gasteiger partial charge in [0, 0.05) is 12.5 Å². The van der Waals surface area contributed by atoms with Crippen LogP contribution < -0.4 is 4.74 Å². The maximum atomic E-state index is 6.02. The Morgan fingerprint density at radius 2 is 1.64 bits per heavy atom. The molecule has 2 aromatic carbocycles. The highest BCUT2D eigenvalue weighted by Crippen LogP contribution is 2.32. The molecule has 0 amide bonds. The minimum absolute atomic E-state index is 0. The second kappa shape index (κ2) is 8.35. The van der Waals surface area contributed by atoms with Crippen LogP contribution in [0.5, 0.6) is 5.75 Å². The Kier molecular flexibility index (Phi) is 6.47. The summed E-state index contributed by atoms with van der Waals surface area (Å²) in [5.41, 5.74) is 1.45. The van der Waals surface area contributed by atoms with E-state index in [1.807, 2.05) is 30.3 Å². The van der Waals surface area contributed by atoms with E-state index >= 15 is 0 Å². The fraction of sp³-hybridized carbons (Fsp3) is 0.368. The predicted molar refractivity (Wildman–Crippen MR) is 97.0 cm³/mol. The van der Waals surface area contributed by atoms with Crippen molar-refractivity contribution >= 4 is 17.0 Å². The molecular weight excluding hydrogens is 338 g/mol. The first-order valence-corrected chi connectivity index (χ1v) is 7.74. The Bertz CT molecular complexity index is 546. The van der Waals surface area contributed by atoms with Gasteiger partial charge in [-0.1, -0.05) is 48.5 Å². The van der Waals surface area contributed by atoms with Crippen LogP contribution in [0, 0.1) is 5.92 Å². The molecule has 0 radical (unpaired) electrons. The maximum absolute atomic E-state index is 6.02. The summed E-state index contributed by atoms with van der Waals surface area (Å²) in [7, 11) is 2.21. The minimum atomic E-state index is 0. The fourth-order valence-corrected chi connectivity index (χ4v) is 3.24. The van der Waals surface area contributed by atoms with E-state index < -0.39 is 0 Å². The highest BCUT2D eigenvalue weighted by Gasteiger charge is 2.29. The van der Waals surface area contributed by atoms with Crippen molar-refractivity contribution in [3.8, 4) is 5.75 Å². The average Bonchev–Trinajstić information content (AvgIpc) is 2.55. The van der Waals surface area contributed by atoms with Crippen molar-refractivity contribution in [1.29, 1.82) is 0 Å². The van der Waals surface area contributed by atoms with Crippen LogP contribution in [0.4, 0.5) is 0 Å². The summed E-state index contributed by atoms with van der Waals surface area (Å²) in [4.78, 5) is 2.42. The number of benzene rings is 2. The van der Waals surface area contributed by atoms with E-state index in [4.69, 9.17) is 4.74 Å². The van der Waals surface area contributed by atoms with Crippen molar-refractivity contribution in [3.63, 3.8) is 0 Å². The first kappa shape index (κ1) is 17.0. The number of hydrogen-bond donors (Lipinski definition) is 0. The molecule has 2 nitrogen and oxygen atoms in total. The summed E-state index contributed by atoms with van der Waals surface area (Å²) in [6, 6.07) is 21.0. The van der Waals surface area contributed by atoms with Crippen LogP contribution in [0.15, 0.2) is 60.7 Å². The molecule has 0 aromatic heterocycles. The summed E-state index contributed by atoms with van der Waals surface area (Å²) >= 11 is 0. The first-order chi connectivity index (χ1) is 10.3. The van der Waals surface area contributed by atoms with Gasteiger partial charge in [-0.05, 0) is 43.6 Å². The zero-order valence-corrected chi connectivity index (χ0v) is 14.7. The molecule has 118 valence electrons. The van der Waals surface area contributed by atoms with Crippen LogP contribution in [0.25, 0.3) is 0 Å². The molecule has 0 bridgehead atoms. The number of para-hydroxylation sites is 1. The number of hydrogen-bond acceptors (Lipinski definition) is 2. The molecule has 1 saturated heterocycles. The Hall–Kier alpha value is -1.32. The van der Waals surface area contributed by atoms with E-state index in [-0.39, 0.29) is 17.0 Å².